The molecule has 1 fully saturated rings. The molecule has 1 saturated carbocycles. The van der Waals surface area contributed by atoms with Crippen LogP contribution in [0.1, 0.15) is 115 Å². The molecule has 1 aliphatic rings. The molecule has 0 radical (unpaired) electrons. The molecule has 1 aliphatic carbocycles. The quantitative estimate of drug-likeness (QED) is 0.277. The molecule has 0 bridgehead atoms. The van der Waals surface area contributed by atoms with Gasteiger partial charge in [-0.3, -0.25) is 4.79 Å². The van der Waals surface area contributed by atoms with Crippen LogP contribution in [0, 0.1) is 29.1 Å². The SMILES string of the molecule is CC1CCCCC(C(CCC(=O)c2ccc(Cl)cc2Cl)c2cc(C#CC(C)(C)C)sc2C(=O)O)CC1. The van der Waals surface area contributed by atoms with E-state index in [4.69, 9.17) is 23.2 Å². The summed E-state index contributed by atoms with van der Waals surface area (Å²) < 4.78 is 0. The molecule has 1 aromatic heterocycles. The van der Waals surface area contributed by atoms with E-state index in [1.165, 1.54) is 24.2 Å². The zero-order chi connectivity index (χ0) is 26.5. The Labute approximate surface area is 229 Å². The zero-order valence-electron chi connectivity index (χ0n) is 21.6. The maximum absolute atomic E-state index is 13.1. The Balaban J connectivity index is 1.96. The summed E-state index contributed by atoms with van der Waals surface area (Å²) in [6.07, 6.45) is 7.67. The lowest BCUT2D eigenvalue weighted by Crippen LogP contribution is -2.19. The van der Waals surface area contributed by atoms with Gasteiger partial charge in [0.05, 0.1) is 9.90 Å². The summed E-state index contributed by atoms with van der Waals surface area (Å²) >= 11 is 13.6. The van der Waals surface area contributed by atoms with E-state index in [1.807, 2.05) is 26.8 Å². The maximum Gasteiger partial charge on any atom is 0.346 e. The van der Waals surface area contributed by atoms with Crippen LogP contribution in [0.25, 0.3) is 0 Å². The molecule has 3 rings (SSSR count). The summed E-state index contributed by atoms with van der Waals surface area (Å²) in [7, 11) is 0. The van der Waals surface area contributed by atoms with Gasteiger partial charge >= 0.3 is 5.97 Å². The predicted octanol–water partition coefficient (Wildman–Crippen LogP) is 9.50. The van der Waals surface area contributed by atoms with Gasteiger partial charge in [0.2, 0.25) is 0 Å². The molecule has 3 unspecified atom stereocenters. The Morgan fingerprint density at radius 2 is 1.83 bits per heavy atom. The number of thiophene rings is 1. The molecule has 6 heteroatoms. The number of benzene rings is 1. The Morgan fingerprint density at radius 1 is 1.11 bits per heavy atom. The van der Waals surface area contributed by atoms with Crippen molar-refractivity contribution in [3.8, 4) is 11.8 Å². The van der Waals surface area contributed by atoms with Gasteiger partial charge in [0.15, 0.2) is 5.78 Å². The topological polar surface area (TPSA) is 54.4 Å². The van der Waals surface area contributed by atoms with E-state index in [2.05, 4.69) is 18.8 Å². The highest BCUT2D eigenvalue weighted by atomic mass is 35.5. The van der Waals surface area contributed by atoms with Gasteiger partial charge in [-0.05, 0) is 87.6 Å². The molecular formula is C30H36Cl2O3S. The first-order valence-corrected chi connectivity index (χ1v) is 14.4. The fourth-order valence-corrected chi connectivity index (χ4v) is 6.47. The number of ketones is 1. The number of carboxylic acid groups (broad SMARTS) is 1. The second kappa shape index (κ2) is 12.6. The van der Waals surface area contributed by atoms with Crippen molar-refractivity contribution in [2.45, 2.75) is 85.0 Å². The van der Waals surface area contributed by atoms with Crippen molar-refractivity contribution in [2.24, 2.45) is 17.3 Å². The highest BCUT2D eigenvalue weighted by Crippen LogP contribution is 2.42. The highest BCUT2D eigenvalue weighted by molar-refractivity contribution is 7.14. The minimum Gasteiger partial charge on any atom is -0.477 e. The number of carboxylic acids is 1. The third-order valence-corrected chi connectivity index (χ3v) is 8.55. The largest absolute Gasteiger partial charge is 0.477 e. The number of carbonyl (C=O) groups excluding carboxylic acids is 1. The van der Waals surface area contributed by atoms with Crippen LogP contribution in [0.5, 0.6) is 0 Å². The molecule has 0 amide bonds. The Bertz CT molecular complexity index is 1150. The third kappa shape index (κ3) is 8.10. The standard InChI is InChI=1S/C30H36Cl2O3S/c1-19-7-5-6-8-20(10-9-19)23(13-14-27(33)24-12-11-21(31)17-26(24)32)25-18-22(15-16-30(2,3)4)36-28(25)29(34)35/h11-12,17-20,23H,5-10,13-14H2,1-4H3,(H,34,35). The number of rotatable bonds is 7. The first-order valence-electron chi connectivity index (χ1n) is 12.8. The van der Waals surface area contributed by atoms with Crippen LogP contribution in [-0.4, -0.2) is 16.9 Å². The van der Waals surface area contributed by atoms with E-state index in [0.717, 1.165) is 36.1 Å². The van der Waals surface area contributed by atoms with Crippen LogP contribution in [-0.2, 0) is 0 Å². The van der Waals surface area contributed by atoms with Crippen molar-refractivity contribution in [2.75, 3.05) is 0 Å². The molecule has 194 valence electrons. The van der Waals surface area contributed by atoms with Crippen molar-refractivity contribution >= 4 is 46.3 Å². The molecule has 1 heterocycles. The third-order valence-electron chi connectivity index (χ3n) is 6.95. The molecule has 0 spiro atoms. The lowest BCUT2D eigenvalue weighted by molar-refractivity contribution is 0.0699. The van der Waals surface area contributed by atoms with Gasteiger partial charge in [0.1, 0.15) is 4.88 Å². The van der Waals surface area contributed by atoms with E-state index in [1.54, 1.807) is 18.2 Å². The van der Waals surface area contributed by atoms with E-state index in [-0.39, 0.29) is 17.1 Å². The molecule has 0 aliphatic heterocycles. The summed E-state index contributed by atoms with van der Waals surface area (Å²) in [6, 6.07) is 6.91. The van der Waals surface area contributed by atoms with E-state index in [0.29, 0.717) is 45.2 Å². The van der Waals surface area contributed by atoms with Crippen LogP contribution in [0.3, 0.4) is 0 Å². The molecule has 1 aromatic carbocycles. The Kier molecular flexibility index (Phi) is 10.1. The van der Waals surface area contributed by atoms with Crippen LogP contribution >= 0.6 is 34.5 Å². The Morgan fingerprint density at radius 3 is 2.50 bits per heavy atom. The van der Waals surface area contributed by atoms with Gasteiger partial charge in [0.25, 0.3) is 0 Å². The van der Waals surface area contributed by atoms with Crippen LogP contribution in [0.4, 0.5) is 0 Å². The maximum atomic E-state index is 13.1. The summed E-state index contributed by atoms with van der Waals surface area (Å²) in [4.78, 5) is 26.6. The highest BCUT2D eigenvalue weighted by Gasteiger charge is 2.31. The van der Waals surface area contributed by atoms with Gasteiger partial charge in [-0.1, -0.05) is 67.6 Å². The minimum absolute atomic E-state index is 0.0159. The van der Waals surface area contributed by atoms with Gasteiger partial charge in [-0.25, -0.2) is 4.79 Å². The van der Waals surface area contributed by atoms with E-state index >= 15 is 0 Å². The number of hydrogen-bond acceptors (Lipinski definition) is 3. The van der Waals surface area contributed by atoms with E-state index in [9.17, 15) is 14.7 Å². The van der Waals surface area contributed by atoms with Crippen LogP contribution in [0.2, 0.25) is 10.0 Å². The van der Waals surface area contributed by atoms with Gasteiger partial charge in [-0.2, -0.15) is 0 Å². The number of Topliss-reactive ketones (excluding diaryl/α,β-unsaturated/α-hetero) is 1. The average Bonchev–Trinajstić information content (AvgIpc) is 3.20. The molecule has 36 heavy (non-hydrogen) atoms. The first-order chi connectivity index (χ1) is 16.9. The summed E-state index contributed by atoms with van der Waals surface area (Å²) in [5.41, 5.74) is 1.12. The molecule has 0 saturated heterocycles. The van der Waals surface area contributed by atoms with Crippen LogP contribution < -0.4 is 0 Å². The summed E-state index contributed by atoms with van der Waals surface area (Å²) in [5, 5.41) is 10.9. The van der Waals surface area contributed by atoms with Gasteiger partial charge in [-0.15, -0.1) is 11.3 Å². The average molecular weight is 548 g/mol. The smallest absolute Gasteiger partial charge is 0.346 e. The van der Waals surface area contributed by atoms with Crippen molar-refractivity contribution in [1.29, 1.82) is 0 Å². The van der Waals surface area contributed by atoms with Crippen molar-refractivity contribution in [3.05, 3.63) is 55.2 Å². The normalized spacial score (nSPS) is 19.5. The second-order valence-electron chi connectivity index (χ2n) is 11.1. The van der Waals surface area contributed by atoms with Crippen molar-refractivity contribution < 1.29 is 14.7 Å². The molecule has 3 nitrogen and oxygen atoms in total. The van der Waals surface area contributed by atoms with Crippen molar-refractivity contribution in [3.63, 3.8) is 0 Å². The molecule has 3 atom stereocenters. The number of hydrogen-bond donors (Lipinski definition) is 1. The molecule has 1 N–H and O–H groups in total. The number of halogens is 2. The van der Waals surface area contributed by atoms with Crippen molar-refractivity contribution in [1.82, 2.24) is 0 Å². The first kappa shape index (κ1) is 28.8. The predicted molar refractivity (Wildman–Crippen MR) is 151 cm³/mol. The fraction of sp³-hybridized carbons (Fsp3) is 0.533. The summed E-state index contributed by atoms with van der Waals surface area (Å²) in [5.74, 6) is 6.45. The second-order valence-corrected chi connectivity index (χ2v) is 13.0. The Hall–Kier alpha value is -1.80. The lowest BCUT2D eigenvalue weighted by atomic mass is 9.74. The lowest BCUT2D eigenvalue weighted by Gasteiger charge is -2.30. The fourth-order valence-electron chi connectivity index (χ4n) is 5.03. The number of carbonyl (C=O) groups is 2. The summed E-state index contributed by atoms with van der Waals surface area (Å²) in [6.45, 7) is 8.42. The van der Waals surface area contributed by atoms with Gasteiger partial charge < -0.3 is 5.11 Å². The molecular weight excluding hydrogens is 511 g/mol. The number of aromatic carboxylic acids is 1. The van der Waals surface area contributed by atoms with Crippen LogP contribution in [0.15, 0.2) is 24.3 Å². The minimum atomic E-state index is -0.921. The van der Waals surface area contributed by atoms with Gasteiger partial charge in [0, 0.05) is 22.4 Å². The van der Waals surface area contributed by atoms with E-state index < -0.39 is 5.97 Å². The molecule has 2 aromatic rings. The zero-order valence-corrected chi connectivity index (χ0v) is 24.0. The monoisotopic (exact) mass is 546 g/mol.